The standard InChI is InChI=1S/C12H19N3O2/c1-2-15(6-3-7-16)10-8-11(17)14-12(13-10)9-4-5-9/h8-9,16H,2-7H2,1H3,(H,13,14,17). The predicted octanol–water partition coefficient (Wildman–Crippen LogP) is 0.856. The van der Waals surface area contributed by atoms with E-state index in [-0.39, 0.29) is 12.2 Å². The lowest BCUT2D eigenvalue weighted by Crippen LogP contribution is -2.27. The van der Waals surface area contributed by atoms with Crippen molar-refractivity contribution >= 4 is 5.82 Å². The van der Waals surface area contributed by atoms with Gasteiger partial charge in [0.05, 0.1) is 0 Å². The molecule has 1 aliphatic rings. The summed E-state index contributed by atoms with van der Waals surface area (Å²) in [5.74, 6) is 1.99. The summed E-state index contributed by atoms with van der Waals surface area (Å²) in [5.41, 5.74) is -0.0839. The van der Waals surface area contributed by atoms with Crippen LogP contribution in [0.15, 0.2) is 10.9 Å². The van der Waals surface area contributed by atoms with E-state index in [2.05, 4.69) is 9.97 Å². The molecule has 0 unspecified atom stereocenters. The fourth-order valence-electron chi connectivity index (χ4n) is 1.87. The van der Waals surface area contributed by atoms with Gasteiger partial charge in [-0.15, -0.1) is 0 Å². The molecule has 0 radical (unpaired) electrons. The highest BCUT2D eigenvalue weighted by Crippen LogP contribution is 2.37. The lowest BCUT2D eigenvalue weighted by atomic mass is 10.3. The monoisotopic (exact) mass is 237 g/mol. The Labute approximate surface area is 100 Å². The third-order valence-corrected chi connectivity index (χ3v) is 3.00. The van der Waals surface area contributed by atoms with Gasteiger partial charge in [0.1, 0.15) is 11.6 Å². The van der Waals surface area contributed by atoms with Gasteiger partial charge in [0.15, 0.2) is 0 Å². The van der Waals surface area contributed by atoms with Crippen molar-refractivity contribution in [1.29, 1.82) is 0 Å². The number of aromatic amines is 1. The molecule has 0 spiro atoms. The van der Waals surface area contributed by atoms with Gasteiger partial charge >= 0.3 is 0 Å². The average Bonchev–Trinajstić information content (AvgIpc) is 3.13. The molecule has 1 aromatic rings. The number of aliphatic hydroxyl groups excluding tert-OH is 1. The molecule has 0 aliphatic heterocycles. The first-order valence-corrected chi connectivity index (χ1v) is 6.21. The molecule has 1 saturated carbocycles. The summed E-state index contributed by atoms with van der Waals surface area (Å²) in [6.45, 7) is 3.71. The quantitative estimate of drug-likeness (QED) is 0.770. The second-order valence-electron chi connectivity index (χ2n) is 4.42. The number of H-pyrrole nitrogens is 1. The van der Waals surface area contributed by atoms with Crippen molar-refractivity contribution in [1.82, 2.24) is 9.97 Å². The van der Waals surface area contributed by atoms with Gasteiger partial charge in [-0.2, -0.15) is 0 Å². The molecule has 1 aliphatic carbocycles. The largest absolute Gasteiger partial charge is 0.396 e. The molecular formula is C12H19N3O2. The third kappa shape index (κ3) is 3.06. The fourth-order valence-corrected chi connectivity index (χ4v) is 1.87. The third-order valence-electron chi connectivity index (χ3n) is 3.00. The maximum Gasteiger partial charge on any atom is 0.252 e. The lowest BCUT2D eigenvalue weighted by molar-refractivity contribution is 0.289. The molecule has 1 heterocycles. The zero-order valence-electron chi connectivity index (χ0n) is 10.1. The summed E-state index contributed by atoms with van der Waals surface area (Å²) in [6, 6.07) is 1.53. The molecule has 5 heteroatoms. The molecule has 0 bridgehead atoms. The van der Waals surface area contributed by atoms with Gasteiger partial charge in [-0.3, -0.25) is 4.79 Å². The Balaban J connectivity index is 2.19. The number of aromatic nitrogens is 2. The normalized spacial score (nSPS) is 14.9. The van der Waals surface area contributed by atoms with Crippen LogP contribution in [0.4, 0.5) is 5.82 Å². The molecule has 94 valence electrons. The molecule has 2 rings (SSSR count). The van der Waals surface area contributed by atoms with Crippen LogP contribution in [-0.2, 0) is 0 Å². The fraction of sp³-hybridized carbons (Fsp3) is 0.667. The number of anilines is 1. The van der Waals surface area contributed by atoms with Gasteiger partial charge in [0.25, 0.3) is 5.56 Å². The van der Waals surface area contributed by atoms with E-state index in [1.807, 2.05) is 11.8 Å². The first-order valence-electron chi connectivity index (χ1n) is 6.21. The smallest absolute Gasteiger partial charge is 0.252 e. The Morgan fingerprint density at radius 1 is 1.59 bits per heavy atom. The summed E-state index contributed by atoms with van der Waals surface area (Å²) < 4.78 is 0. The van der Waals surface area contributed by atoms with E-state index in [0.717, 1.165) is 37.6 Å². The summed E-state index contributed by atoms with van der Waals surface area (Å²) in [6.07, 6.45) is 2.94. The van der Waals surface area contributed by atoms with E-state index in [9.17, 15) is 4.79 Å². The maximum absolute atomic E-state index is 11.6. The number of nitrogens with zero attached hydrogens (tertiary/aromatic N) is 2. The van der Waals surface area contributed by atoms with Crippen LogP contribution in [0.1, 0.15) is 37.9 Å². The highest BCUT2D eigenvalue weighted by molar-refractivity contribution is 5.37. The molecule has 2 N–H and O–H groups in total. The van der Waals surface area contributed by atoms with Gasteiger partial charge in [-0.05, 0) is 26.2 Å². The second kappa shape index (κ2) is 5.31. The Morgan fingerprint density at radius 2 is 2.35 bits per heavy atom. The van der Waals surface area contributed by atoms with Gasteiger partial charge in [-0.1, -0.05) is 0 Å². The van der Waals surface area contributed by atoms with Crippen LogP contribution < -0.4 is 10.5 Å². The van der Waals surface area contributed by atoms with Crippen LogP contribution in [0, 0.1) is 0 Å². The first-order chi connectivity index (χ1) is 8.24. The molecule has 0 aromatic carbocycles. The van der Waals surface area contributed by atoms with Gasteiger partial charge in [-0.25, -0.2) is 4.98 Å². The van der Waals surface area contributed by atoms with E-state index < -0.39 is 0 Å². The molecular weight excluding hydrogens is 218 g/mol. The van der Waals surface area contributed by atoms with Gasteiger partial charge in [0.2, 0.25) is 0 Å². The average molecular weight is 237 g/mol. The Hall–Kier alpha value is -1.36. The number of rotatable bonds is 6. The first kappa shape index (κ1) is 12.1. The minimum atomic E-state index is -0.0839. The summed E-state index contributed by atoms with van der Waals surface area (Å²) >= 11 is 0. The van der Waals surface area contributed by atoms with E-state index in [0.29, 0.717) is 12.3 Å². The van der Waals surface area contributed by atoms with Gasteiger partial charge in [0, 0.05) is 31.7 Å². The van der Waals surface area contributed by atoms with Crippen molar-refractivity contribution in [3.8, 4) is 0 Å². The van der Waals surface area contributed by atoms with Crippen molar-refractivity contribution in [2.24, 2.45) is 0 Å². The minimum absolute atomic E-state index is 0.0839. The van der Waals surface area contributed by atoms with Crippen LogP contribution in [0.2, 0.25) is 0 Å². The summed E-state index contributed by atoms with van der Waals surface area (Å²) in [4.78, 5) is 20.9. The van der Waals surface area contributed by atoms with Crippen LogP contribution in [0.3, 0.4) is 0 Å². The van der Waals surface area contributed by atoms with Crippen LogP contribution in [0.5, 0.6) is 0 Å². The maximum atomic E-state index is 11.6. The van der Waals surface area contributed by atoms with Crippen LogP contribution >= 0.6 is 0 Å². The Kier molecular flexibility index (Phi) is 3.78. The molecule has 1 aromatic heterocycles. The predicted molar refractivity (Wildman–Crippen MR) is 66.4 cm³/mol. The highest BCUT2D eigenvalue weighted by Gasteiger charge is 2.26. The SMILES string of the molecule is CCN(CCCO)c1cc(=O)[nH]c(C2CC2)n1. The van der Waals surface area contributed by atoms with Crippen molar-refractivity contribution in [3.05, 3.63) is 22.2 Å². The molecule has 17 heavy (non-hydrogen) atoms. The van der Waals surface area contributed by atoms with Crippen molar-refractivity contribution in [2.75, 3.05) is 24.6 Å². The van der Waals surface area contributed by atoms with Crippen molar-refractivity contribution in [2.45, 2.75) is 32.1 Å². The van der Waals surface area contributed by atoms with E-state index in [4.69, 9.17) is 5.11 Å². The van der Waals surface area contributed by atoms with Crippen LogP contribution in [-0.4, -0.2) is 34.8 Å². The summed E-state index contributed by atoms with van der Waals surface area (Å²) in [7, 11) is 0. The zero-order valence-corrected chi connectivity index (χ0v) is 10.1. The summed E-state index contributed by atoms with van der Waals surface area (Å²) in [5, 5.41) is 8.85. The van der Waals surface area contributed by atoms with Crippen LogP contribution in [0.25, 0.3) is 0 Å². The number of hydrogen-bond donors (Lipinski definition) is 2. The number of aliphatic hydroxyl groups is 1. The molecule has 0 saturated heterocycles. The lowest BCUT2D eigenvalue weighted by Gasteiger charge is -2.21. The van der Waals surface area contributed by atoms with Crippen molar-refractivity contribution in [3.63, 3.8) is 0 Å². The Bertz CT molecular complexity index is 426. The number of hydrogen-bond acceptors (Lipinski definition) is 4. The van der Waals surface area contributed by atoms with E-state index >= 15 is 0 Å². The molecule has 1 fully saturated rings. The topological polar surface area (TPSA) is 69.2 Å². The Morgan fingerprint density at radius 3 is 2.94 bits per heavy atom. The molecule has 5 nitrogen and oxygen atoms in total. The van der Waals surface area contributed by atoms with Gasteiger partial charge < -0.3 is 15.0 Å². The zero-order chi connectivity index (χ0) is 12.3. The van der Waals surface area contributed by atoms with E-state index in [1.165, 1.54) is 6.07 Å². The molecule has 0 atom stereocenters. The highest BCUT2D eigenvalue weighted by atomic mass is 16.3. The molecule has 0 amide bonds. The second-order valence-corrected chi connectivity index (χ2v) is 4.42. The number of nitrogens with one attached hydrogen (secondary N) is 1. The minimum Gasteiger partial charge on any atom is -0.396 e. The van der Waals surface area contributed by atoms with Crippen molar-refractivity contribution < 1.29 is 5.11 Å². The van der Waals surface area contributed by atoms with E-state index in [1.54, 1.807) is 0 Å².